The molecule has 1 aliphatic rings. The highest BCUT2D eigenvalue weighted by Crippen LogP contribution is 2.58. The number of thiophene rings is 1. The van der Waals surface area contributed by atoms with E-state index in [9.17, 15) is 4.57 Å². The first-order valence-corrected chi connectivity index (χ1v) is 8.83. The fourth-order valence-corrected chi connectivity index (χ4v) is 5.61. The summed E-state index contributed by atoms with van der Waals surface area (Å²) in [5.74, 6) is 0.230. The molecule has 0 aliphatic carbocycles. The maximum absolute atomic E-state index is 12.8. The van der Waals surface area contributed by atoms with E-state index in [1.54, 1.807) is 11.3 Å². The van der Waals surface area contributed by atoms with Gasteiger partial charge in [0, 0.05) is 23.9 Å². The van der Waals surface area contributed by atoms with Crippen molar-refractivity contribution in [3.8, 4) is 0 Å². The monoisotopic (exact) mass is 289 g/mol. The number of hydrogen-bond acceptors (Lipinski definition) is 5. The largest absolute Gasteiger partial charge is 0.335 e. The van der Waals surface area contributed by atoms with Gasteiger partial charge in [-0.25, -0.2) is 0 Å². The molecule has 1 aliphatic heterocycles. The third-order valence-corrected chi connectivity index (χ3v) is 6.71. The zero-order valence-electron chi connectivity index (χ0n) is 10.8. The van der Waals surface area contributed by atoms with Crippen molar-refractivity contribution in [2.45, 2.75) is 25.4 Å². The van der Waals surface area contributed by atoms with Gasteiger partial charge in [0.05, 0.1) is 18.9 Å². The van der Waals surface area contributed by atoms with Gasteiger partial charge in [-0.15, -0.1) is 11.3 Å². The Morgan fingerprint density at radius 1 is 1.39 bits per heavy atom. The lowest BCUT2D eigenvalue weighted by Crippen LogP contribution is -2.20. The molecule has 1 aromatic rings. The molecule has 4 nitrogen and oxygen atoms in total. The Hall–Kier alpha value is -0.190. The van der Waals surface area contributed by atoms with Crippen molar-refractivity contribution in [1.29, 1.82) is 0 Å². The molecule has 2 atom stereocenters. The van der Waals surface area contributed by atoms with Crippen molar-refractivity contribution >= 4 is 18.9 Å². The van der Waals surface area contributed by atoms with Crippen LogP contribution in [0.1, 0.15) is 24.6 Å². The molecule has 1 N–H and O–H groups in total. The van der Waals surface area contributed by atoms with Crippen molar-refractivity contribution in [2.75, 3.05) is 26.3 Å². The van der Waals surface area contributed by atoms with Gasteiger partial charge < -0.3 is 14.4 Å². The zero-order chi connectivity index (χ0) is 13.0. The fraction of sp³-hybridized carbons (Fsp3) is 0.667. The Balaban J connectivity index is 2.21. The van der Waals surface area contributed by atoms with Gasteiger partial charge in [-0.2, -0.15) is 0 Å². The maximum atomic E-state index is 12.8. The predicted molar refractivity (Wildman–Crippen MR) is 74.6 cm³/mol. The van der Waals surface area contributed by atoms with E-state index in [1.165, 1.54) is 4.88 Å². The molecular weight excluding hydrogens is 269 g/mol. The van der Waals surface area contributed by atoms with E-state index < -0.39 is 7.60 Å². The molecule has 0 aromatic carbocycles. The van der Waals surface area contributed by atoms with Crippen molar-refractivity contribution in [3.05, 3.63) is 22.4 Å². The maximum Gasteiger partial charge on any atom is 0.335 e. The van der Waals surface area contributed by atoms with Crippen molar-refractivity contribution < 1.29 is 13.6 Å². The van der Waals surface area contributed by atoms with Gasteiger partial charge in [-0.3, -0.25) is 4.57 Å². The van der Waals surface area contributed by atoms with Crippen LogP contribution in [-0.4, -0.2) is 32.0 Å². The smallest absolute Gasteiger partial charge is 0.315 e. The van der Waals surface area contributed by atoms with Crippen LogP contribution in [0.3, 0.4) is 0 Å². The molecule has 0 bridgehead atoms. The topological polar surface area (TPSA) is 47.6 Å². The molecule has 2 heterocycles. The molecule has 1 saturated heterocycles. The molecule has 1 fully saturated rings. The van der Waals surface area contributed by atoms with Crippen LogP contribution in [0, 0.1) is 0 Å². The molecule has 0 radical (unpaired) electrons. The van der Waals surface area contributed by atoms with Crippen LogP contribution >= 0.6 is 18.9 Å². The Morgan fingerprint density at radius 3 is 2.67 bits per heavy atom. The van der Waals surface area contributed by atoms with Gasteiger partial charge in [0.25, 0.3) is 0 Å². The molecule has 6 heteroatoms. The number of nitrogens with one attached hydrogen (secondary N) is 1. The van der Waals surface area contributed by atoms with E-state index in [4.69, 9.17) is 9.05 Å². The van der Waals surface area contributed by atoms with Gasteiger partial charge in [-0.1, -0.05) is 6.07 Å². The lowest BCUT2D eigenvalue weighted by molar-refractivity contribution is 0.211. The summed E-state index contributed by atoms with van der Waals surface area (Å²) in [5.41, 5.74) is -0.0731. The highest BCUT2D eigenvalue weighted by atomic mass is 32.1. The van der Waals surface area contributed by atoms with E-state index in [1.807, 2.05) is 19.9 Å². The van der Waals surface area contributed by atoms with E-state index in [0.29, 0.717) is 19.8 Å². The van der Waals surface area contributed by atoms with Crippen molar-refractivity contribution in [3.63, 3.8) is 0 Å². The van der Waals surface area contributed by atoms with Crippen molar-refractivity contribution in [1.82, 2.24) is 5.32 Å². The fourth-order valence-electron chi connectivity index (χ4n) is 2.38. The average molecular weight is 289 g/mol. The molecular formula is C12H20NO3PS. The SMILES string of the molecule is CCOP(=O)(OCC)C1CNCC1c1cccs1. The van der Waals surface area contributed by atoms with E-state index in [-0.39, 0.29) is 11.6 Å². The molecule has 0 spiro atoms. The summed E-state index contributed by atoms with van der Waals surface area (Å²) in [7, 11) is -3.02. The van der Waals surface area contributed by atoms with Crippen LogP contribution in [0.25, 0.3) is 0 Å². The Bertz CT molecular complexity index is 399. The van der Waals surface area contributed by atoms with Gasteiger partial charge in [0.15, 0.2) is 0 Å². The molecule has 2 rings (SSSR count). The summed E-state index contributed by atoms with van der Waals surface area (Å²) in [6, 6.07) is 4.12. The third-order valence-electron chi connectivity index (χ3n) is 3.12. The second-order valence-corrected chi connectivity index (χ2v) is 7.46. The summed E-state index contributed by atoms with van der Waals surface area (Å²) >= 11 is 1.70. The molecule has 102 valence electrons. The number of rotatable bonds is 6. The molecule has 0 amide bonds. The van der Waals surface area contributed by atoms with E-state index in [0.717, 1.165) is 6.54 Å². The summed E-state index contributed by atoms with van der Waals surface area (Å²) in [5, 5.41) is 5.36. The minimum Gasteiger partial charge on any atom is -0.315 e. The van der Waals surface area contributed by atoms with Crippen LogP contribution in [-0.2, 0) is 13.6 Å². The molecule has 0 saturated carbocycles. The molecule has 2 unspecified atom stereocenters. The molecule has 1 aromatic heterocycles. The minimum atomic E-state index is -3.02. The van der Waals surface area contributed by atoms with Crippen LogP contribution in [0.2, 0.25) is 0 Å². The first-order chi connectivity index (χ1) is 8.71. The lowest BCUT2D eigenvalue weighted by atomic mass is 10.1. The standard InChI is InChI=1S/C12H20NO3PS/c1-3-15-17(14,16-4-2)11-9-13-8-10(11)12-6-5-7-18-12/h5-7,10-11,13H,3-4,8-9H2,1-2H3. The van der Waals surface area contributed by atoms with Crippen LogP contribution < -0.4 is 5.32 Å². The van der Waals surface area contributed by atoms with Crippen LogP contribution in [0.4, 0.5) is 0 Å². The third kappa shape index (κ3) is 2.86. The summed E-state index contributed by atoms with van der Waals surface area (Å²) in [6.45, 7) is 6.09. The first kappa shape index (κ1) is 14.2. The highest BCUT2D eigenvalue weighted by Gasteiger charge is 2.44. The lowest BCUT2D eigenvalue weighted by Gasteiger charge is -2.26. The Kier molecular flexibility index (Phi) is 4.98. The van der Waals surface area contributed by atoms with E-state index in [2.05, 4.69) is 16.8 Å². The van der Waals surface area contributed by atoms with Gasteiger partial charge in [0.2, 0.25) is 0 Å². The van der Waals surface area contributed by atoms with Crippen LogP contribution in [0.15, 0.2) is 17.5 Å². The van der Waals surface area contributed by atoms with E-state index >= 15 is 0 Å². The normalized spacial score (nSPS) is 24.6. The minimum absolute atomic E-state index is 0.0731. The Labute approximate surface area is 112 Å². The van der Waals surface area contributed by atoms with Gasteiger partial charge in [0.1, 0.15) is 0 Å². The quantitative estimate of drug-likeness (QED) is 0.818. The average Bonchev–Trinajstić information content (AvgIpc) is 3.00. The second kappa shape index (κ2) is 6.31. The van der Waals surface area contributed by atoms with Crippen LogP contribution in [0.5, 0.6) is 0 Å². The van der Waals surface area contributed by atoms with Crippen molar-refractivity contribution in [2.24, 2.45) is 0 Å². The molecule has 18 heavy (non-hydrogen) atoms. The Morgan fingerprint density at radius 2 is 2.11 bits per heavy atom. The number of hydrogen-bond donors (Lipinski definition) is 1. The van der Waals surface area contributed by atoms with Gasteiger partial charge >= 0.3 is 7.60 Å². The highest BCUT2D eigenvalue weighted by molar-refractivity contribution is 7.54. The summed E-state index contributed by atoms with van der Waals surface area (Å²) < 4.78 is 23.8. The summed E-state index contributed by atoms with van der Waals surface area (Å²) in [4.78, 5) is 1.25. The summed E-state index contributed by atoms with van der Waals surface area (Å²) in [6.07, 6.45) is 0. The van der Waals surface area contributed by atoms with Gasteiger partial charge in [-0.05, 0) is 25.3 Å². The predicted octanol–water partition coefficient (Wildman–Crippen LogP) is 3.07. The second-order valence-electron chi connectivity index (χ2n) is 4.22. The first-order valence-electron chi connectivity index (χ1n) is 6.34. The zero-order valence-corrected chi connectivity index (χ0v) is 12.5.